The van der Waals surface area contributed by atoms with Crippen molar-refractivity contribution >= 4 is 6.09 Å². The van der Waals surface area contributed by atoms with Gasteiger partial charge in [0.05, 0.1) is 17.8 Å². The van der Waals surface area contributed by atoms with Gasteiger partial charge in [0.2, 0.25) is 0 Å². The number of carbonyl (C=O) groups excluding carboxylic acids is 1. The van der Waals surface area contributed by atoms with Gasteiger partial charge in [0, 0.05) is 30.4 Å². The lowest BCUT2D eigenvalue weighted by molar-refractivity contribution is -0.274. The van der Waals surface area contributed by atoms with Crippen molar-refractivity contribution in [3.8, 4) is 22.9 Å². The van der Waals surface area contributed by atoms with E-state index in [4.69, 9.17) is 4.74 Å². The maximum atomic E-state index is 12.4. The summed E-state index contributed by atoms with van der Waals surface area (Å²) in [6.07, 6.45) is -1.71. The van der Waals surface area contributed by atoms with Crippen LogP contribution in [-0.4, -0.2) is 34.4 Å². The number of alkyl carbamates (subject to hydrolysis) is 1. The zero-order valence-electron chi connectivity index (χ0n) is 16.2. The fourth-order valence-corrected chi connectivity index (χ4v) is 2.43. The molecule has 0 spiro atoms. The fourth-order valence-electron chi connectivity index (χ4n) is 2.43. The summed E-state index contributed by atoms with van der Waals surface area (Å²) in [7, 11) is 0. The van der Waals surface area contributed by atoms with E-state index in [-0.39, 0.29) is 11.1 Å². The van der Waals surface area contributed by atoms with Crippen LogP contribution in [0.4, 0.5) is 18.0 Å². The van der Waals surface area contributed by atoms with Gasteiger partial charge >= 0.3 is 12.5 Å². The average molecular weight is 410 g/mol. The van der Waals surface area contributed by atoms with Gasteiger partial charge in [-0.25, -0.2) is 4.79 Å². The summed E-state index contributed by atoms with van der Waals surface area (Å²) < 4.78 is 47.9. The number of amides is 1. The highest BCUT2D eigenvalue weighted by molar-refractivity contribution is 5.71. The van der Waals surface area contributed by atoms with E-state index in [1.54, 1.807) is 31.6 Å². The molecule has 156 valence electrons. The maximum absolute atomic E-state index is 12.4. The highest BCUT2D eigenvalue weighted by atomic mass is 19.4. The molecule has 0 aliphatic heterocycles. The highest BCUT2D eigenvalue weighted by Gasteiger charge is 2.31. The number of halogens is 3. The van der Waals surface area contributed by atoms with E-state index in [0.29, 0.717) is 25.1 Å². The molecule has 0 aliphatic carbocycles. The number of aromatic nitrogens is 2. The Morgan fingerprint density at radius 2 is 2.03 bits per heavy atom. The smallest absolute Gasteiger partial charge is 0.444 e. The Labute approximate surface area is 166 Å². The van der Waals surface area contributed by atoms with Crippen LogP contribution in [0.15, 0.2) is 30.6 Å². The van der Waals surface area contributed by atoms with Crippen LogP contribution in [0.3, 0.4) is 0 Å². The Hall–Kier alpha value is -3.22. The van der Waals surface area contributed by atoms with Gasteiger partial charge in [-0.1, -0.05) is 0 Å². The summed E-state index contributed by atoms with van der Waals surface area (Å²) in [6.45, 7) is 6.12. The Morgan fingerprint density at radius 3 is 2.66 bits per heavy atom. The van der Waals surface area contributed by atoms with E-state index < -0.39 is 23.8 Å². The average Bonchev–Trinajstić information content (AvgIpc) is 3.04. The number of alkyl halides is 3. The lowest BCUT2D eigenvalue weighted by Crippen LogP contribution is -2.33. The second-order valence-corrected chi connectivity index (χ2v) is 7.14. The third-order valence-corrected chi connectivity index (χ3v) is 3.52. The molecule has 1 heterocycles. The van der Waals surface area contributed by atoms with Gasteiger partial charge in [0.25, 0.3) is 0 Å². The minimum atomic E-state index is -4.82. The van der Waals surface area contributed by atoms with Crippen LogP contribution in [-0.2, 0) is 11.3 Å². The van der Waals surface area contributed by atoms with Crippen LogP contribution < -0.4 is 10.1 Å². The molecule has 0 saturated heterocycles. The van der Waals surface area contributed by atoms with Crippen molar-refractivity contribution in [2.24, 2.45) is 0 Å². The van der Waals surface area contributed by atoms with Crippen molar-refractivity contribution in [1.29, 1.82) is 5.26 Å². The van der Waals surface area contributed by atoms with Gasteiger partial charge in [0.1, 0.15) is 11.4 Å². The zero-order valence-corrected chi connectivity index (χ0v) is 16.2. The van der Waals surface area contributed by atoms with Gasteiger partial charge in [0.15, 0.2) is 0 Å². The summed E-state index contributed by atoms with van der Waals surface area (Å²) in [5.74, 6) is -0.416. The molecule has 1 N–H and O–H groups in total. The third-order valence-electron chi connectivity index (χ3n) is 3.52. The van der Waals surface area contributed by atoms with E-state index in [1.807, 2.05) is 6.07 Å². The van der Waals surface area contributed by atoms with E-state index in [0.717, 1.165) is 12.1 Å². The molecular formula is C19H21F3N4O3. The van der Waals surface area contributed by atoms with E-state index >= 15 is 0 Å². The third kappa shape index (κ3) is 7.37. The molecule has 0 aliphatic rings. The predicted octanol–water partition coefficient (Wildman–Crippen LogP) is 4.24. The van der Waals surface area contributed by atoms with Gasteiger partial charge in [-0.15, -0.1) is 13.2 Å². The molecule has 7 nitrogen and oxygen atoms in total. The molecule has 10 heteroatoms. The normalized spacial score (nSPS) is 11.6. The van der Waals surface area contributed by atoms with Crippen LogP contribution in [0.5, 0.6) is 5.75 Å². The molecule has 0 bridgehead atoms. The number of nitrogens with one attached hydrogen (secondary N) is 1. The number of hydrogen-bond acceptors (Lipinski definition) is 5. The summed E-state index contributed by atoms with van der Waals surface area (Å²) in [5.41, 5.74) is 0.386. The van der Waals surface area contributed by atoms with E-state index in [2.05, 4.69) is 15.2 Å². The molecule has 1 amide bonds. The van der Waals surface area contributed by atoms with Crippen molar-refractivity contribution in [2.75, 3.05) is 6.54 Å². The fraction of sp³-hybridized carbons (Fsp3) is 0.421. The first kappa shape index (κ1) is 22.1. The van der Waals surface area contributed by atoms with Gasteiger partial charge in [-0.05, 0) is 45.4 Å². The zero-order chi connectivity index (χ0) is 21.7. The molecule has 0 unspecified atom stereocenters. The largest absolute Gasteiger partial charge is 0.573 e. The Morgan fingerprint density at radius 1 is 1.31 bits per heavy atom. The molecule has 1 aromatic heterocycles. The summed E-state index contributed by atoms with van der Waals surface area (Å²) in [6, 6.07) is 5.44. The second kappa shape index (κ2) is 8.86. The number of aryl methyl sites for hydroxylation is 1. The number of hydrogen-bond donors (Lipinski definition) is 1. The molecule has 0 fully saturated rings. The summed E-state index contributed by atoms with van der Waals surface area (Å²) >= 11 is 0. The lowest BCUT2D eigenvalue weighted by Gasteiger charge is -2.19. The Balaban J connectivity index is 2.00. The molecule has 0 atom stereocenters. The number of benzene rings is 1. The number of ether oxygens (including phenoxy) is 2. The molecule has 0 radical (unpaired) electrons. The van der Waals surface area contributed by atoms with Crippen LogP contribution >= 0.6 is 0 Å². The monoisotopic (exact) mass is 410 g/mol. The second-order valence-electron chi connectivity index (χ2n) is 7.14. The SMILES string of the molecule is CC(C)(C)OC(=O)NCCCn1cc(-c2cc(OC(F)(F)F)ccc2C#N)cn1. The molecular weight excluding hydrogens is 389 g/mol. The van der Waals surface area contributed by atoms with Crippen LogP contribution in [0.2, 0.25) is 0 Å². The maximum Gasteiger partial charge on any atom is 0.573 e. The number of nitrogens with zero attached hydrogens (tertiary/aromatic N) is 3. The quantitative estimate of drug-likeness (QED) is 0.720. The Bertz CT molecular complexity index is 895. The topological polar surface area (TPSA) is 89.2 Å². The molecule has 0 saturated carbocycles. The van der Waals surface area contributed by atoms with Gasteiger partial charge in [-0.2, -0.15) is 10.4 Å². The minimum Gasteiger partial charge on any atom is -0.444 e. The first-order chi connectivity index (χ1) is 13.5. The van der Waals surface area contributed by atoms with Crippen molar-refractivity contribution in [3.63, 3.8) is 0 Å². The summed E-state index contributed by atoms with van der Waals surface area (Å²) in [4.78, 5) is 11.6. The van der Waals surface area contributed by atoms with Crippen LogP contribution in [0.1, 0.15) is 32.8 Å². The lowest BCUT2D eigenvalue weighted by atomic mass is 10.0. The highest BCUT2D eigenvalue weighted by Crippen LogP contribution is 2.30. The van der Waals surface area contributed by atoms with Crippen molar-refractivity contribution in [1.82, 2.24) is 15.1 Å². The van der Waals surface area contributed by atoms with Crippen LogP contribution in [0.25, 0.3) is 11.1 Å². The minimum absolute atomic E-state index is 0.200. The molecule has 1 aromatic carbocycles. The first-order valence-corrected chi connectivity index (χ1v) is 8.76. The Kier molecular flexibility index (Phi) is 6.74. The van der Waals surface area contributed by atoms with Crippen molar-refractivity contribution in [3.05, 3.63) is 36.2 Å². The van der Waals surface area contributed by atoms with Crippen molar-refractivity contribution < 1.29 is 27.4 Å². The van der Waals surface area contributed by atoms with E-state index in [9.17, 15) is 23.2 Å². The molecule has 2 rings (SSSR count). The van der Waals surface area contributed by atoms with Crippen LogP contribution in [0, 0.1) is 11.3 Å². The number of rotatable bonds is 6. The van der Waals surface area contributed by atoms with Gasteiger partial charge in [-0.3, -0.25) is 4.68 Å². The predicted molar refractivity (Wildman–Crippen MR) is 97.9 cm³/mol. The molecule has 2 aromatic rings. The number of carbonyl (C=O) groups is 1. The summed E-state index contributed by atoms with van der Waals surface area (Å²) in [5, 5.41) is 16.0. The van der Waals surface area contributed by atoms with Gasteiger partial charge < -0.3 is 14.8 Å². The van der Waals surface area contributed by atoms with Crippen molar-refractivity contribution in [2.45, 2.75) is 45.7 Å². The molecule has 29 heavy (non-hydrogen) atoms. The first-order valence-electron chi connectivity index (χ1n) is 8.76. The number of nitriles is 1. The standard InChI is InChI=1S/C19H21F3N4O3/c1-18(2,3)29-17(27)24-7-4-8-26-12-14(11-25-26)16-9-15(28-19(20,21)22)6-5-13(16)10-23/h5-6,9,11-12H,4,7-8H2,1-3H3,(H,24,27). The van der Waals surface area contributed by atoms with E-state index in [1.165, 1.54) is 12.3 Å².